The van der Waals surface area contributed by atoms with Crippen LogP contribution in [0.5, 0.6) is 0 Å². The minimum absolute atomic E-state index is 0.266. The van der Waals surface area contributed by atoms with E-state index in [9.17, 15) is 4.79 Å². The normalized spacial score (nSPS) is 12.7. The number of imidazole rings is 1. The van der Waals surface area contributed by atoms with Crippen molar-refractivity contribution in [2.45, 2.75) is 26.2 Å². The largest absolute Gasteiger partial charge is 0.372 e. The van der Waals surface area contributed by atoms with Crippen LogP contribution in [0.3, 0.4) is 0 Å². The first kappa shape index (κ1) is 27.5. The highest BCUT2D eigenvalue weighted by Crippen LogP contribution is 2.36. The second kappa shape index (κ2) is 11.8. The molecule has 8 nitrogen and oxygen atoms in total. The standard InChI is InChI=1S/C35H31FN6O2/c1-37-35(43)28-18-38-34(42(19-23-9-4-2-5-10-23)20-24-11-6-3-7-12-24)33-27(28)17-29(40-33)25-13-8-14-26(32(25)36)30-21-41-15-16-44-22-31(41)39-30/h2-14,17-18,21,40H,15-16,19-20,22H2,1H3,(H,37,43). The number of hydrogen-bond donors (Lipinski definition) is 2. The van der Waals surface area contributed by atoms with Gasteiger partial charge in [0.1, 0.15) is 18.2 Å². The number of fused-ring (bicyclic) bond motifs is 2. The number of carbonyl (C=O) groups excluding carboxylic acids is 1. The molecule has 0 saturated heterocycles. The molecule has 1 amide bonds. The highest BCUT2D eigenvalue weighted by atomic mass is 19.1. The fourth-order valence-corrected chi connectivity index (χ4v) is 5.77. The van der Waals surface area contributed by atoms with E-state index in [-0.39, 0.29) is 5.91 Å². The maximum atomic E-state index is 16.3. The van der Waals surface area contributed by atoms with Gasteiger partial charge in [-0.2, -0.15) is 0 Å². The minimum Gasteiger partial charge on any atom is -0.372 e. The summed E-state index contributed by atoms with van der Waals surface area (Å²) >= 11 is 0. The smallest absolute Gasteiger partial charge is 0.253 e. The van der Waals surface area contributed by atoms with Gasteiger partial charge < -0.3 is 24.5 Å². The van der Waals surface area contributed by atoms with E-state index >= 15 is 4.39 Å². The van der Waals surface area contributed by atoms with Gasteiger partial charge in [-0.1, -0.05) is 66.7 Å². The molecule has 0 aliphatic carbocycles. The molecule has 3 aromatic heterocycles. The van der Waals surface area contributed by atoms with Crippen molar-refractivity contribution in [2.75, 3.05) is 18.6 Å². The Morgan fingerprint density at radius 1 is 1.00 bits per heavy atom. The maximum absolute atomic E-state index is 16.3. The molecule has 2 N–H and O–H groups in total. The summed E-state index contributed by atoms with van der Waals surface area (Å²) in [6.07, 6.45) is 3.48. The third kappa shape index (κ3) is 5.22. The lowest BCUT2D eigenvalue weighted by Gasteiger charge is -2.25. The van der Waals surface area contributed by atoms with Crippen LogP contribution in [0, 0.1) is 5.82 Å². The molecule has 220 valence electrons. The average molecular weight is 587 g/mol. The second-order valence-electron chi connectivity index (χ2n) is 10.8. The van der Waals surface area contributed by atoms with E-state index in [1.807, 2.05) is 59.3 Å². The SMILES string of the molecule is CNC(=O)c1cnc(N(Cc2ccccc2)Cc2ccccc2)c2[nH]c(-c3cccc(-c4cn5c(n4)COCC5)c3F)cc12. The van der Waals surface area contributed by atoms with Gasteiger partial charge in [-0.25, -0.2) is 14.4 Å². The molecule has 0 radical (unpaired) electrons. The molecule has 0 saturated carbocycles. The topological polar surface area (TPSA) is 88.1 Å². The lowest BCUT2D eigenvalue weighted by atomic mass is 10.0. The number of hydrogen-bond acceptors (Lipinski definition) is 5. The molecule has 0 unspecified atom stereocenters. The van der Waals surface area contributed by atoms with E-state index < -0.39 is 5.82 Å². The third-order valence-electron chi connectivity index (χ3n) is 7.98. The van der Waals surface area contributed by atoms with Crippen LogP contribution in [0.4, 0.5) is 10.2 Å². The Hall–Kier alpha value is -5.28. The molecule has 1 aliphatic heterocycles. The van der Waals surface area contributed by atoms with Crippen molar-refractivity contribution in [3.8, 4) is 22.5 Å². The predicted octanol–water partition coefficient (Wildman–Crippen LogP) is 6.33. The molecule has 1 aliphatic rings. The number of H-pyrrole nitrogens is 1. The summed E-state index contributed by atoms with van der Waals surface area (Å²) in [5.41, 5.74) is 5.20. The molecule has 0 bridgehead atoms. The lowest BCUT2D eigenvalue weighted by Crippen LogP contribution is -2.24. The molecular formula is C35H31FN6O2. The van der Waals surface area contributed by atoms with Gasteiger partial charge >= 0.3 is 0 Å². The molecular weight excluding hydrogens is 555 g/mol. The first-order valence-corrected chi connectivity index (χ1v) is 14.6. The number of aromatic nitrogens is 4. The number of ether oxygens (including phenoxy) is 1. The summed E-state index contributed by atoms with van der Waals surface area (Å²) in [5.74, 6) is 0.795. The summed E-state index contributed by atoms with van der Waals surface area (Å²) in [5, 5.41) is 3.38. The van der Waals surface area contributed by atoms with Crippen LogP contribution in [-0.2, 0) is 31.0 Å². The van der Waals surface area contributed by atoms with Crippen molar-refractivity contribution < 1.29 is 13.9 Å². The number of nitrogens with zero attached hydrogens (tertiary/aromatic N) is 4. The van der Waals surface area contributed by atoms with E-state index in [2.05, 4.69) is 44.5 Å². The highest BCUT2D eigenvalue weighted by Gasteiger charge is 2.23. The van der Waals surface area contributed by atoms with Crippen molar-refractivity contribution in [3.63, 3.8) is 0 Å². The van der Waals surface area contributed by atoms with Gasteiger partial charge in [-0.3, -0.25) is 4.79 Å². The van der Waals surface area contributed by atoms with Crippen molar-refractivity contribution in [1.29, 1.82) is 0 Å². The van der Waals surface area contributed by atoms with Gasteiger partial charge in [0, 0.05) is 61.3 Å². The van der Waals surface area contributed by atoms with Gasteiger partial charge in [0.05, 0.1) is 23.4 Å². The van der Waals surface area contributed by atoms with Crippen molar-refractivity contribution in [2.24, 2.45) is 0 Å². The summed E-state index contributed by atoms with van der Waals surface area (Å²) in [6.45, 7) is 2.88. The van der Waals surface area contributed by atoms with Gasteiger partial charge in [0.2, 0.25) is 0 Å². The fourth-order valence-electron chi connectivity index (χ4n) is 5.77. The first-order valence-electron chi connectivity index (χ1n) is 14.6. The molecule has 7 rings (SSSR count). The number of anilines is 1. The Balaban J connectivity index is 1.36. The third-order valence-corrected chi connectivity index (χ3v) is 7.98. The average Bonchev–Trinajstić information content (AvgIpc) is 3.70. The van der Waals surface area contributed by atoms with Gasteiger partial charge in [-0.05, 0) is 29.3 Å². The molecule has 3 aromatic carbocycles. The molecule has 0 fully saturated rings. The molecule has 6 aromatic rings. The van der Waals surface area contributed by atoms with Crippen molar-refractivity contribution >= 4 is 22.6 Å². The zero-order chi connectivity index (χ0) is 30.0. The Morgan fingerprint density at radius 2 is 1.70 bits per heavy atom. The Kier molecular flexibility index (Phi) is 7.37. The summed E-state index contributed by atoms with van der Waals surface area (Å²) < 4.78 is 23.8. The molecule has 9 heteroatoms. The summed E-state index contributed by atoms with van der Waals surface area (Å²) in [4.78, 5) is 28.0. The number of benzene rings is 3. The quantitative estimate of drug-likeness (QED) is 0.218. The van der Waals surface area contributed by atoms with Crippen LogP contribution in [0.15, 0.2) is 97.3 Å². The van der Waals surface area contributed by atoms with Gasteiger partial charge in [0.25, 0.3) is 5.91 Å². The van der Waals surface area contributed by atoms with Crippen LogP contribution in [-0.4, -0.2) is 39.1 Å². The summed E-state index contributed by atoms with van der Waals surface area (Å²) in [7, 11) is 1.59. The lowest BCUT2D eigenvalue weighted by molar-refractivity contribution is 0.0816. The van der Waals surface area contributed by atoms with E-state index in [0.717, 1.165) is 17.0 Å². The minimum atomic E-state index is -0.392. The molecule has 44 heavy (non-hydrogen) atoms. The van der Waals surface area contributed by atoms with E-state index in [1.54, 1.807) is 25.4 Å². The van der Waals surface area contributed by atoms with E-state index in [1.165, 1.54) is 0 Å². The van der Waals surface area contributed by atoms with Crippen LogP contribution in [0.25, 0.3) is 33.4 Å². The summed E-state index contributed by atoms with van der Waals surface area (Å²) in [6, 6.07) is 27.5. The number of aromatic amines is 1. The Bertz CT molecular complexity index is 1890. The second-order valence-corrected chi connectivity index (χ2v) is 10.8. The number of carbonyl (C=O) groups is 1. The van der Waals surface area contributed by atoms with E-state index in [4.69, 9.17) is 9.72 Å². The maximum Gasteiger partial charge on any atom is 0.253 e. The van der Waals surface area contributed by atoms with Crippen LogP contribution < -0.4 is 10.2 Å². The van der Waals surface area contributed by atoms with Gasteiger partial charge in [0.15, 0.2) is 5.82 Å². The van der Waals surface area contributed by atoms with Gasteiger partial charge in [-0.15, -0.1) is 0 Å². The van der Waals surface area contributed by atoms with Crippen LogP contribution in [0.1, 0.15) is 27.3 Å². The fraction of sp³-hybridized carbons (Fsp3) is 0.171. The van der Waals surface area contributed by atoms with Crippen molar-refractivity contribution in [1.82, 2.24) is 24.8 Å². The Morgan fingerprint density at radius 3 is 2.39 bits per heavy atom. The zero-order valence-corrected chi connectivity index (χ0v) is 24.3. The predicted molar refractivity (Wildman–Crippen MR) is 169 cm³/mol. The molecule has 0 atom stereocenters. The highest BCUT2D eigenvalue weighted by molar-refractivity contribution is 6.09. The zero-order valence-electron chi connectivity index (χ0n) is 24.3. The number of rotatable bonds is 8. The number of halogens is 1. The monoisotopic (exact) mass is 586 g/mol. The molecule has 0 spiro atoms. The number of pyridine rings is 1. The molecule has 4 heterocycles. The van der Waals surface area contributed by atoms with E-state index in [0.29, 0.717) is 77.6 Å². The van der Waals surface area contributed by atoms with Crippen molar-refractivity contribution in [3.05, 3.63) is 126 Å². The first-order chi connectivity index (χ1) is 21.6. The van der Waals surface area contributed by atoms with Crippen LogP contribution >= 0.6 is 0 Å². The number of amides is 1. The number of nitrogens with one attached hydrogen (secondary N) is 2. The Labute approximate surface area is 254 Å². The van der Waals surface area contributed by atoms with Crippen LogP contribution in [0.2, 0.25) is 0 Å².